The second-order valence-corrected chi connectivity index (χ2v) is 6.28. The van der Waals surface area contributed by atoms with Gasteiger partial charge in [0.05, 0.1) is 5.69 Å². The van der Waals surface area contributed by atoms with E-state index in [2.05, 4.69) is 29.0 Å². The summed E-state index contributed by atoms with van der Waals surface area (Å²) in [7, 11) is 0. The molecule has 0 aliphatic carbocycles. The number of aromatic nitrogens is 1. The average Bonchev–Trinajstić information content (AvgIpc) is 2.80. The van der Waals surface area contributed by atoms with Gasteiger partial charge in [-0.05, 0) is 37.4 Å². The number of nitrogens with one attached hydrogen (secondary N) is 1. The zero-order chi connectivity index (χ0) is 13.7. The molecule has 0 spiro atoms. The van der Waals surface area contributed by atoms with Crippen molar-refractivity contribution in [3.05, 3.63) is 29.0 Å². The number of hydrogen-bond donors (Lipinski definition) is 1. The van der Waals surface area contributed by atoms with Crippen LogP contribution in [0.4, 0.5) is 0 Å². The van der Waals surface area contributed by atoms with Crippen LogP contribution in [0.15, 0.2) is 18.3 Å². The van der Waals surface area contributed by atoms with Crippen molar-refractivity contribution in [2.24, 2.45) is 5.92 Å². The van der Waals surface area contributed by atoms with E-state index < -0.39 is 0 Å². The summed E-state index contributed by atoms with van der Waals surface area (Å²) in [5.41, 5.74) is 1.06. The fourth-order valence-electron chi connectivity index (χ4n) is 2.71. The van der Waals surface area contributed by atoms with E-state index in [1.165, 1.54) is 12.8 Å². The molecular weight excluding hydrogens is 258 g/mol. The topological polar surface area (TPSA) is 28.2 Å². The minimum Gasteiger partial charge on any atom is -0.313 e. The molecule has 3 nitrogen and oxygen atoms in total. The van der Waals surface area contributed by atoms with Crippen molar-refractivity contribution in [1.82, 2.24) is 15.2 Å². The fourth-order valence-corrected chi connectivity index (χ4v) is 2.89. The van der Waals surface area contributed by atoms with Crippen molar-refractivity contribution in [3.8, 4) is 0 Å². The molecule has 0 saturated carbocycles. The molecule has 1 aromatic rings. The predicted molar refractivity (Wildman–Crippen MR) is 80.4 cm³/mol. The molecule has 1 aliphatic heterocycles. The highest BCUT2D eigenvalue weighted by atomic mass is 35.5. The first-order chi connectivity index (χ1) is 9.13. The molecule has 2 heterocycles. The Hall–Kier alpha value is -0.640. The van der Waals surface area contributed by atoms with E-state index in [0.29, 0.717) is 12.0 Å². The first-order valence-electron chi connectivity index (χ1n) is 7.19. The van der Waals surface area contributed by atoms with Gasteiger partial charge >= 0.3 is 0 Å². The molecule has 19 heavy (non-hydrogen) atoms. The molecule has 1 aliphatic rings. The average molecular weight is 282 g/mol. The number of halogens is 1. The smallest absolute Gasteiger partial charge is 0.0558 e. The molecular formula is C15H24ClN3. The Morgan fingerprint density at radius 3 is 3.00 bits per heavy atom. The summed E-state index contributed by atoms with van der Waals surface area (Å²) in [6.45, 7) is 8.78. The van der Waals surface area contributed by atoms with Gasteiger partial charge in [-0.25, -0.2) is 0 Å². The zero-order valence-corrected chi connectivity index (χ0v) is 12.7. The summed E-state index contributed by atoms with van der Waals surface area (Å²) in [4.78, 5) is 6.91. The third kappa shape index (κ3) is 5.09. The van der Waals surface area contributed by atoms with Crippen LogP contribution in [-0.4, -0.2) is 35.6 Å². The summed E-state index contributed by atoms with van der Waals surface area (Å²) in [5, 5.41) is 4.34. The zero-order valence-electron chi connectivity index (χ0n) is 11.9. The van der Waals surface area contributed by atoms with Crippen molar-refractivity contribution in [1.29, 1.82) is 0 Å². The van der Waals surface area contributed by atoms with Crippen molar-refractivity contribution in [3.63, 3.8) is 0 Å². The lowest BCUT2D eigenvalue weighted by molar-refractivity contribution is 0.214. The van der Waals surface area contributed by atoms with Crippen LogP contribution in [0.1, 0.15) is 32.4 Å². The molecule has 1 aromatic heterocycles. The maximum absolute atomic E-state index is 6.03. The molecule has 0 radical (unpaired) electrons. The van der Waals surface area contributed by atoms with Crippen LogP contribution in [0.2, 0.25) is 5.02 Å². The van der Waals surface area contributed by atoms with Gasteiger partial charge in [-0.15, -0.1) is 0 Å². The van der Waals surface area contributed by atoms with E-state index in [-0.39, 0.29) is 0 Å². The third-order valence-corrected chi connectivity index (χ3v) is 3.66. The van der Waals surface area contributed by atoms with Crippen LogP contribution in [-0.2, 0) is 6.54 Å². The second kappa shape index (κ2) is 7.22. The number of pyridine rings is 1. The summed E-state index contributed by atoms with van der Waals surface area (Å²) in [6, 6.07) is 4.44. The van der Waals surface area contributed by atoms with Gasteiger partial charge < -0.3 is 5.32 Å². The molecule has 0 amide bonds. The van der Waals surface area contributed by atoms with Gasteiger partial charge in [-0.1, -0.05) is 25.4 Å². The Kier molecular flexibility index (Phi) is 5.61. The van der Waals surface area contributed by atoms with Crippen LogP contribution in [0.3, 0.4) is 0 Å². The normalized spacial score (nSPS) is 19.5. The largest absolute Gasteiger partial charge is 0.313 e. The molecule has 0 bridgehead atoms. The molecule has 1 N–H and O–H groups in total. The highest BCUT2D eigenvalue weighted by Crippen LogP contribution is 2.14. The van der Waals surface area contributed by atoms with Gasteiger partial charge in [0.15, 0.2) is 0 Å². The summed E-state index contributed by atoms with van der Waals surface area (Å²) in [6.07, 6.45) is 4.38. The van der Waals surface area contributed by atoms with Gasteiger partial charge in [-0.3, -0.25) is 9.88 Å². The molecule has 4 heteroatoms. The van der Waals surface area contributed by atoms with Crippen molar-refractivity contribution < 1.29 is 0 Å². The number of nitrogens with zero attached hydrogens (tertiary/aromatic N) is 2. The monoisotopic (exact) mass is 281 g/mol. The van der Waals surface area contributed by atoms with Crippen LogP contribution < -0.4 is 5.32 Å². The van der Waals surface area contributed by atoms with Gasteiger partial charge in [-0.2, -0.15) is 0 Å². The number of hydrogen-bond acceptors (Lipinski definition) is 3. The SMILES string of the molecule is CC(C)CN(Cc1cc(Cl)ccn1)CC1CCCN1. The van der Waals surface area contributed by atoms with Gasteiger partial charge in [0.2, 0.25) is 0 Å². The van der Waals surface area contributed by atoms with Gasteiger partial charge in [0.25, 0.3) is 0 Å². The molecule has 2 rings (SSSR count). The van der Waals surface area contributed by atoms with E-state index in [0.717, 1.165) is 36.9 Å². The first kappa shape index (κ1) is 14.8. The van der Waals surface area contributed by atoms with E-state index in [9.17, 15) is 0 Å². The van der Waals surface area contributed by atoms with Crippen LogP contribution in [0, 0.1) is 5.92 Å². The highest BCUT2D eigenvalue weighted by Gasteiger charge is 2.19. The molecule has 1 fully saturated rings. The molecule has 0 aromatic carbocycles. The lowest BCUT2D eigenvalue weighted by Gasteiger charge is -2.27. The van der Waals surface area contributed by atoms with E-state index in [1.54, 1.807) is 6.20 Å². The summed E-state index contributed by atoms with van der Waals surface area (Å²) >= 11 is 6.03. The Balaban J connectivity index is 1.96. The third-order valence-electron chi connectivity index (χ3n) is 3.43. The van der Waals surface area contributed by atoms with Crippen molar-refractivity contribution in [2.45, 2.75) is 39.3 Å². The van der Waals surface area contributed by atoms with Gasteiger partial charge in [0, 0.05) is 36.9 Å². The maximum atomic E-state index is 6.03. The number of rotatable bonds is 6. The van der Waals surface area contributed by atoms with Crippen molar-refractivity contribution in [2.75, 3.05) is 19.6 Å². The predicted octanol–water partition coefficient (Wildman–Crippen LogP) is 2.95. The fraction of sp³-hybridized carbons (Fsp3) is 0.667. The lowest BCUT2D eigenvalue weighted by Crippen LogP contribution is -2.39. The maximum Gasteiger partial charge on any atom is 0.0558 e. The Labute approximate surface area is 121 Å². The molecule has 1 saturated heterocycles. The molecule has 1 atom stereocenters. The Bertz CT molecular complexity index is 389. The van der Waals surface area contributed by atoms with E-state index in [1.807, 2.05) is 12.1 Å². The first-order valence-corrected chi connectivity index (χ1v) is 7.57. The Morgan fingerprint density at radius 1 is 1.53 bits per heavy atom. The Morgan fingerprint density at radius 2 is 2.37 bits per heavy atom. The van der Waals surface area contributed by atoms with Gasteiger partial charge in [0.1, 0.15) is 0 Å². The highest BCUT2D eigenvalue weighted by molar-refractivity contribution is 6.30. The minimum absolute atomic E-state index is 0.637. The molecule has 1 unspecified atom stereocenters. The van der Waals surface area contributed by atoms with Crippen LogP contribution in [0.25, 0.3) is 0 Å². The quantitative estimate of drug-likeness (QED) is 0.869. The van der Waals surface area contributed by atoms with Crippen LogP contribution in [0.5, 0.6) is 0 Å². The summed E-state index contributed by atoms with van der Waals surface area (Å²) in [5.74, 6) is 0.667. The van der Waals surface area contributed by atoms with Crippen molar-refractivity contribution >= 4 is 11.6 Å². The molecule has 106 valence electrons. The van der Waals surface area contributed by atoms with E-state index >= 15 is 0 Å². The standard InChI is InChI=1S/C15H24ClN3/c1-12(2)9-19(10-14-4-3-6-17-14)11-15-8-13(16)5-7-18-15/h5,7-8,12,14,17H,3-4,6,9-11H2,1-2H3. The second-order valence-electron chi connectivity index (χ2n) is 5.85. The lowest BCUT2D eigenvalue weighted by atomic mass is 10.1. The van der Waals surface area contributed by atoms with E-state index in [4.69, 9.17) is 11.6 Å². The van der Waals surface area contributed by atoms with Crippen LogP contribution >= 0.6 is 11.6 Å². The summed E-state index contributed by atoms with van der Waals surface area (Å²) < 4.78 is 0. The minimum atomic E-state index is 0.637.